The van der Waals surface area contributed by atoms with E-state index in [1.807, 2.05) is 55.5 Å². The molecule has 2 N–H and O–H groups in total. The van der Waals surface area contributed by atoms with Gasteiger partial charge in [-0.2, -0.15) is 5.10 Å². The zero-order valence-corrected chi connectivity index (χ0v) is 22.1. The van der Waals surface area contributed by atoms with Crippen molar-refractivity contribution in [2.45, 2.75) is 20.1 Å². The number of rotatable bonds is 9. The van der Waals surface area contributed by atoms with Crippen LogP contribution in [0.3, 0.4) is 0 Å². The molecule has 0 atom stereocenters. The fraction of sp³-hybridized carbons (Fsp3) is 0.167. The zero-order valence-electron chi connectivity index (χ0n) is 18.1. The Kier molecular flexibility index (Phi) is 8.15. The van der Waals surface area contributed by atoms with E-state index in [1.165, 1.54) is 0 Å². The van der Waals surface area contributed by atoms with Crippen LogP contribution in [0.2, 0.25) is 10.0 Å². The fourth-order valence-corrected chi connectivity index (χ4v) is 4.57. The minimum Gasteiger partial charge on any atom is -0.490 e. The van der Waals surface area contributed by atoms with Crippen LogP contribution >= 0.6 is 51.3 Å². The van der Waals surface area contributed by atoms with Crippen molar-refractivity contribution in [3.63, 3.8) is 0 Å². The maximum Gasteiger partial charge on any atom is 0.214 e. The number of ether oxygens (including phenoxy) is 2. The third kappa shape index (κ3) is 5.75. The second kappa shape index (κ2) is 11.3. The molecule has 4 aromatic rings. The third-order valence-corrected chi connectivity index (χ3v) is 6.35. The molecule has 0 radical (unpaired) electrons. The maximum atomic E-state index is 6.29. The molecule has 3 aromatic carbocycles. The van der Waals surface area contributed by atoms with E-state index in [0.29, 0.717) is 45.3 Å². The molecule has 1 heterocycles. The first-order valence-electron chi connectivity index (χ1n) is 10.4. The van der Waals surface area contributed by atoms with Crippen molar-refractivity contribution in [2.24, 2.45) is 0 Å². The van der Waals surface area contributed by atoms with Gasteiger partial charge in [0.2, 0.25) is 4.77 Å². The van der Waals surface area contributed by atoms with Crippen molar-refractivity contribution in [3.8, 4) is 22.9 Å². The number of nitrogens with one attached hydrogen (secondary N) is 2. The lowest BCUT2D eigenvalue weighted by Gasteiger charge is -2.17. The van der Waals surface area contributed by atoms with Gasteiger partial charge in [-0.25, -0.2) is 9.77 Å². The monoisotopic (exact) mass is 578 g/mol. The van der Waals surface area contributed by atoms with E-state index >= 15 is 0 Å². The molecule has 10 heteroatoms. The molecule has 4 rings (SSSR count). The summed E-state index contributed by atoms with van der Waals surface area (Å²) in [5, 5.41) is 8.33. The summed E-state index contributed by atoms with van der Waals surface area (Å²) in [5.41, 5.74) is 6.08. The molecule has 34 heavy (non-hydrogen) atoms. The quantitative estimate of drug-likeness (QED) is 0.202. The van der Waals surface area contributed by atoms with Crippen LogP contribution in [0.25, 0.3) is 11.4 Å². The van der Waals surface area contributed by atoms with Gasteiger partial charge in [-0.1, -0.05) is 59.6 Å². The predicted octanol–water partition coefficient (Wildman–Crippen LogP) is 7.40. The van der Waals surface area contributed by atoms with Gasteiger partial charge in [-0.3, -0.25) is 0 Å². The van der Waals surface area contributed by atoms with E-state index in [4.69, 9.17) is 44.9 Å². The first kappa shape index (κ1) is 24.6. The Morgan fingerprint density at radius 1 is 1.09 bits per heavy atom. The van der Waals surface area contributed by atoms with E-state index in [1.54, 1.807) is 16.8 Å². The van der Waals surface area contributed by atoms with Crippen LogP contribution in [0.1, 0.15) is 18.1 Å². The molecule has 0 saturated carbocycles. The van der Waals surface area contributed by atoms with Gasteiger partial charge in [0.1, 0.15) is 6.61 Å². The average Bonchev–Trinajstić information content (AvgIpc) is 3.19. The van der Waals surface area contributed by atoms with Crippen LogP contribution < -0.4 is 14.9 Å². The van der Waals surface area contributed by atoms with Gasteiger partial charge < -0.3 is 14.9 Å². The Hall–Kier alpha value is -2.52. The van der Waals surface area contributed by atoms with Crippen LogP contribution in [0.5, 0.6) is 11.5 Å². The van der Waals surface area contributed by atoms with E-state index in [9.17, 15) is 0 Å². The highest BCUT2D eigenvalue weighted by Gasteiger charge is 2.15. The minimum absolute atomic E-state index is 0.275. The molecule has 6 nitrogen and oxygen atoms in total. The second-order valence-electron chi connectivity index (χ2n) is 7.25. The lowest BCUT2D eigenvalue weighted by atomic mass is 10.2. The van der Waals surface area contributed by atoms with Gasteiger partial charge in [0.15, 0.2) is 17.3 Å². The summed E-state index contributed by atoms with van der Waals surface area (Å²) < 4.78 is 14.9. The summed E-state index contributed by atoms with van der Waals surface area (Å²) in [6.45, 7) is 3.18. The second-order valence-corrected chi connectivity index (χ2v) is 9.34. The Bertz CT molecular complexity index is 1340. The highest BCUT2D eigenvalue weighted by atomic mass is 79.9. The highest BCUT2D eigenvalue weighted by molar-refractivity contribution is 9.10. The number of H-pyrrole nitrogens is 1. The van der Waals surface area contributed by atoms with Gasteiger partial charge in [0.05, 0.1) is 17.6 Å². The van der Waals surface area contributed by atoms with Crippen LogP contribution in [0.15, 0.2) is 65.1 Å². The topological polar surface area (TPSA) is 64.1 Å². The van der Waals surface area contributed by atoms with E-state index in [-0.39, 0.29) is 6.61 Å². The molecule has 0 aliphatic carbocycles. The van der Waals surface area contributed by atoms with Gasteiger partial charge in [-0.05, 0) is 64.9 Å². The van der Waals surface area contributed by atoms with Gasteiger partial charge in [0, 0.05) is 21.2 Å². The molecule has 1 aromatic heterocycles. The molecule has 0 aliphatic rings. The van der Waals surface area contributed by atoms with Crippen LogP contribution in [0.4, 0.5) is 0 Å². The third-order valence-electron chi connectivity index (χ3n) is 4.90. The number of aromatic amines is 1. The normalized spacial score (nSPS) is 10.8. The molecule has 176 valence electrons. The van der Waals surface area contributed by atoms with E-state index in [0.717, 1.165) is 21.2 Å². The van der Waals surface area contributed by atoms with Crippen molar-refractivity contribution in [2.75, 3.05) is 12.0 Å². The summed E-state index contributed by atoms with van der Waals surface area (Å²) in [4.78, 5) is 0. The number of nitrogens with zero attached hydrogens (tertiary/aromatic N) is 2. The molecule has 0 aliphatic heterocycles. The van der Waals surface area contributed by atoms with Gasteiger partial charge >= 0.3 is 0 Å². The molecule has 0 spiro atoms. The average molecular weight is 580 g/mol. The van der Waals surface area contributed by atoms with Crippen molar-refractivity contribution < 1.29 is 9.47 Å². The fourth-order valence-electron chi connectivity index (χ4n) is 3.31. The number of benzene rings is 3. The Morgan fingerprint density at radius 2 is 1.88 bits per heavy atom. The summed E-state index contributed by atoms with van der Waals surface area (Å²) in [6.07, 6.45) is 0. The smallest absolute Gasteiger partial charge is 0.214 e. The first-order chi connectivity index (χ1) is 16.5. The lowest BCUT2D eigenvalue weighted by molar-refractivity contribution is 0.267. The molecule has 0 bridgehead atoms. The summed E-state index contributed by atoms with van der Waals surface area (Å²) in [6, 6.07) is 19.1. The number of hydrogen-bond acceptors (Lipinski definition) is 5. The number of hydrogen-bond donors (Lipinski definition) is 2. The Balaban J connectivity index is 1.54. The van der Waals surface area contributed by atoms with Crippen molar-refractivity contribution in [1.29, 1.82) is 0 Å². The lowest BCUT2D eigenvalue weighted by Crippen LogP contribution is -2.16. The molecule has 0 amide bonds. The van der Waals surface area contributed by atoms with E-state index < -0.39 is 0 Å². The maximum absolute atomic E-state index is 6.29. The molecular formula is C24H21BrCl2N4O2S. The standard InChI is InChI=1S/C24H21BrCl2N4O2S/c1-2-32-21-11-15(10-19(25)22(21)33-14-17-8-9-18(26)12-20(17)27)13-28-31-23(29-30-24(31)34)16-6-4-3-5-7-16/h3-12,28H,2,13-14H2,1H3,(H,30,34). The van der Waals surface area contributed by atoms with Crippen molar-refractivity contribution in [1.82, 2.24) is 14.9 Å². The van der Waals surface area contributed by atoms with Gasteiger partial charge in [-0.15, -0.1) is 0 Å². The minimum atomic E-state index is 0.275. The molecule has 0 unspecified atom stereocenters. The van der Waals surface area contributed by atoms with E-state index in [2.05, 4.69) is 31.6 Å². The summed E-state index contributed by atoms with van der Waals surface area (Å²) >= 11 is 21.3. The number of halogens is 3. The van der Waals surface area contributed by atoms with Crippen LogP contribution in [-0.4, -0.2) is 21.5 Å². The number of aromatic nitrogens is 3. The van der Waals surface area contributed by atoms with Crippen LogP contribution in [0, 0.1) is 4.77 Å². The Labute approximate surface area is 220 Å². The van der Waals surface area contributed by atoms with Crippen molar-refractivity contribution >= 4 is 51.3 Å². The molecular weight excluding hydrogens is 559 g/mol. The zero-order chi connectivity index (χ0) is 24.1. The Morgan fingerprint density at radius 3 is 2.62 bits per heavy atom. The first-order valence-corrected chi connectivity index (χ1v) is 12.4. The molecule has 0 fully saturated rings. The van der Waals surface area contributed by atoms with Gasteiger partial charge in [0.25, 0.3) is 0 Å². The summed E-state index contributed by atoms with van der Waals surface area (Å²) in [5.74, 6) is 1.92. The van der Waals surface area contributed by atoms with Crippen molar-refractivity contribution in [3.05, 3.63) is 91.1 Å². The highest BCUT2D eigenvalue weighted by Crippen LogP contribution is 2.38. The largest absolute Gasteiger partial charge is 0.490 e. The SMILES string of the molecule is CCOc1cc(CNn2c(-c3ccccc3)n[nH]c2=S)cc(Br)c1OCc1ccc(Cl)cc1Cl. The predicted molar refractivity (Wildman–Crippen MR) is 142 cm³/mol. The van der Waals surface area contributed by atoms with Crippen LogP contribution in [-0.2, 0) is 13.2 Å². The molecule has 0 saturated heterocycles. The summed E-state index contributed by atoms with van der Waals surface area (Å²) in [7, 11) is 0.